The standard InChI is InChI=1S/C16H23N7O/c1-11(18)23-8-7-22(10-12(23)3-5-17)15-13-4-6-19-9-14(13)20-16(21-15)24-2/h12,19H,1,3-4,6-10,18H2,2H3. The van der Waals surface area contributed by atoms with Crippen molar-refractivity contribution in [2.75, 3.05) is 38.2 Å². The van der Waals surface area contributed by atoms with Gasteiger partial charge in [0.1, 0.15) is 5.82 Å². The summed E-state index contributed by atoms with van der Waals surface area (Å²) >= 11 is 0. The van der Waals surface area contributed by atoms with E-state index in [1.54, 1.807) is 7.11 Å². The third kappa shape index (κ3) is 3.08. The molecule has 1 aromatic rings. The molecule has 8 heteroatoms. The summed E-state index contributed by atoms with van der Waals surface area (Å²) in [4.78, 5) is 13.3. The monoisotopic (exact) mass is 329 g/mol. The van der Waals surface area contributed by atoms with Gasteiger partial charge in [0.15, 0.2) is 0 Å². The van der Waals surface area contributed by atoms with E-state index in [2.05, 4.69) is 32.8 Å². The molecule has 2 aliphatic heterocycles. The number of nitrogens with zero attached hydrogens (tertiary/aromatic N) is 5. The summed E-state index contributed by atoms with van der Waals surface area (Å²) in [6, 6.07) is 2.64. The smallest absolute Gasteiger partial charge is 0.318 e. The zero-order valence-electron chi connectivity index (χ0n) is 14.0. The van der Waals surface area contributed by atoms with E-state index in [4.69, 9.17) is 15.7 Å². The number of methoxy groups -OCH3 is 1. The molecule has 24 heavy (non-hydrogen) atoms. The van der Waals surface area contributed by atoms with Gasteiger partial charge in [0, 0.05) is 31.7 Å². The molecule has 128 valence electrons. The van der Waals surface area contributed by atoms with Gasteiger partial charge in [-0.3, -0.25) is 0 Å². The first-order chi connectivity index (χ1) is 11.6. The van der Waals surface area contributed by atoms with Crippen LogP contribution in [0.15, 0.2) is 12.4 Å². The highest BCUT2D eigenvalue weighted by atomic mass is 16.5. The van der Waals surface area contributed by atoms with Crippen LogP contribution >= 0.6 is 0 Å². The fourth-order valence-electron chi connectivity index (χ4n) is 3.38. The second-order valence-electron chi connectivity index (χ2n) is 6.03. The number of fused-ring (bicyclic) bond motifs is 1. The minimum Gasteiger partial charge on any atom is -0.467 e. The van der Waals surface area contributed by atoms with Gasteiger partial charge in [0.25, 0.3) is 0 Å². The highest BCUT2D eigenvalue weighted by molar-refractivity contribution is 5.52. The Kier molecular flexibility index (Phi) is 4.71. The van der Waals surface area contributed by atoms with Gasteiger partial charge >= 0.3 is 6.01 Å². The van der Waals surface area contributed by atoms with Gasteiger partial charge in [-0.15, -0.1) is 0 Å². The van der Waals surface area contributed by atoms with Gasteiger partial charge in [-0.25, -0.2) is 0 Å². The summed E-state index contributed by atoms with van der Waals surface area (Å²) in [5.41, 5.74) is 8.04. The Labute approximate surface area is 141 Å². The molecule has 8 nitrogen and oxygen atoms in total. The summed E-state index contributed by atoms with van der Waals surface area (Å²) in [6.07, 6.45) is 1.29. The highest BCUT2D eigenvalue weighted by Gasteiger charge is 2.30. The largest absolute Gasteiger partial charge is 0.467 e. The Balaban J connectivity index is 1.91. The van der Waals surface area contributed by atoms with Crippen molar-refractivity contribution in [3.63, 3.8) is 0 Å². The predicted octanol–water partition coefficient (Wildman–Crippen LogP) is -0.0349. The first-order valence-electron chi connectivity index (χ1n) is 8.11. The molecule has 0 radical (unpaired) electrons. The lowest BCUT2D eigenvalue weighted by Crippen LogP contribution is -2.54. The topological polar surface area (TPSA) is 103 Å². The summed E-state index contributed by atoms with van der Waals surface area (Å²) in [7, 11) is 1.58. The van der Waals surface area contributed by atoms with E-state index in [0.717, 1.165) is 44.1 Å². The van der Waals surface area contributed by atoms with Gasteiger partial charge in [0.2, 0.25) is 0 Å². The first kappa shape index (κ1) is 16.3. The van der Waals surface area contributed by atoms with Crippen LogP contribution < -0.4 is 20.7 Å². The molecule has 1 aromatic heterocycles. The molecule has 0 bridgehead atoms. The average molecular weight is 329 g/mol. The van der Waals surface area contributed by atoms with Crippen LogP contribution in [-0.2, 0) is 13.0 Å². The minimum absolute atomic E-state index is 0.0135. The third-order valence-corrected chi connectivity index (χ3v) is 4.56. The Morgan fingerprint density at radius 3 is 3.04 bits per heavy atom. The van der Waals surface area contributed by atoms with E-state index in [0.29, 0.717) is 24.8 Å². The first-order valence-corrected chi connectivity index (χ1v) is 8.11. The molecule has 0 aromatic carbocycles. The highest BCUT2D eigenvalue weighted by Crippen LogP contribution is 2.28. The van der Waals surface area contributed by atoms with Crippen LogP contribution in [-0.4, -0.2) is 54.2 Å². The normalized spacial score (nSPS) is 20.2. The molecule has 3 N–H and O–H groups in total. The maximum absolute atomic E-state index is 9.13. The van der Waals surface area contributed by atoms with Crippen LogP contribution in [0.5, 0.6) is 6.01 Å². The number of rotatable bonds is 4. The van der Waals surface area contributed by atoms with Gasteiger partial charge in [-0.1, -0.05) is 6.58 Å². The van der Waals surface area contributed by atoms with Crippen molar-refractivity contribution < 1.29 is 4.74 Å². The molecule has 1 saturated heterocycles. The van der Waals surface area contributed by atoms with Crippen LogP contribution in [0.25, 0.3) is 0 Å². The van der Waals surface area contributed by atoms with Gasteiger partial charge < -0.3 is 25.6 Å². The second-order valence-corrected chi connectivity index (χ2v) is 6.03. The Bertz CT molecular complexity index is 669. The number of anilines is 1. The number of nitrogens with two attached hydrogens (primary N) is 1. The van der Waals surface area contributed by atoms with Crippen molar-refractivity contribution in [2.45, 2.75) is 25.4 Å². The van der Waals surface area contributed by atoms with E-state index >= 15 is 0 Å². The molecule has 1 fully saturated rings. The van der Waals surface area contributed by atoms with Crippen LogP contribution in [0.1, 0.15) is 17.7 Å². The molecule has 0 saturated carbocycles. The van der Waals surface area contributed by atoms with E-state index in [1.165, 1.54) is 5.56 Å². The molecule has 2 aliphatic rings. The summed E-state index contributed by atoms with van der Waals surface area (Å²) in [5.74, 6) is 1.44. The minimum atomic E-state index is 0.0135. The number of nitrogens with one attached hydrogen (secondary N) is 1. The molecule has 3 rings (SSSR count). The number of aromatic nitrogens is 2. The lowest BCUT2D eigenvalue weighted by Gasteiger charge is -2.43. The Hall–Kier alpha value is -2.53. The van der Waals surface area contributed by atoms with E-state index in [9.17, 15) is 0 Å². The van der Waals surface area contributed by atoms with Crippen molar-refractivity contribution in [1.29, 1.82) is 5.26 Å². The zero-order chi connectivity index (χ0) is 17.1. The second kappa shape index (κ2) is 6.93. The Morgan fingerprint density at radius 1 is 1.50 bits per heavy atom. The molecule has 0 spiro atoms. The molecular weight excluding hydrogens is 306 g/mol. The number of piperazine rings is 1. The van der Waals surface area contributed by atoms with Crippen molar-refractivity contribution in [3.05, 3.63) is 23.7 Å². The number of hydrogen-bond acceptors (Lipinski definition) is 8. The third-order valence-electron chi connectivity index (χ3n) is 4.56. The van der Waals surface area contributed by atoms with E-state index in [-0.39, 0.29) is 6.04 Å². The number of nitriles is 1. The lowest BCUT2D eigenvalue weighted by molar-refractivity contribution is 0.227. The van der Waals surface area contributed by atoms with Crippen LogP contribution in [0.4, 0.5) is 5.82 Å². The summed E-state index contributed by atoms with van der Waals surface area (Å²) in [5, 5.41) is 12.5. The lowest BCUT2D eigenvalue weighted by atomic mass is 10.0. The quantitative estimate of drug-likeness (QED) is 0.793. The van der Waals surface area contributed by atoms with Crippen LogP contribution in [0, 0.1) is 11.3 Å². The molecule has 1 unspecified atom stereocenters. The molecule has 0 amide bonds. The summed E-state index contributed by atoms with van der Waals surface area (Å²) < 4.78 is 5.27. The number of ether oxygens (including phenoxy) is 1. The summed E-state index contributed by atoms with van der Waals surface area (Å²) in [6.45, 7) is 7.65. The fraction of sp³-hybridized carbons (Fsp3) is 0.562. The fourth-order valence-corrected chi connectivity index (χ4v) is 3.38. The van der Waals surface area contributed by atoms with E-state index < -0.39 is 0 Å². The van der Waals surface area contributed by atoms with Crippen molar-refractivity contribution in [2.24, 2.45) is 5.73 Å². The van der Waals surface area contributed by atoms with E-state index in [1.807, 2.05) is 4.90 Å². The van der Waals surface area contributed by atoms with Crippen molar-refractivity contribution in [1.82, 2.24) is 20.2 Å². The molecule has 3 heterocycles. The Morgan fingerprint density at radius 2 is 2.33 bits per heavy atom. The SMILES string of the molecule is C=C(N)N1CCN(c2nc(OC)nc3c2CCNC3)CC1CC#N. The van der Waals surface area contributed by atoms with Gasteiger partial charge in [-0.2, -0.15) is 15.2 Å². The van der Waals surface area contributed by atoms with Gasteiger partial charge in [-0.05, 0) is 13.0 Å². The molecule has 0 aliphatic carbocycles. The van der Waals surface area contributed by atoms with Crippen molar-refractivity contribution in [3.8, 4) is 12.1 Å². The molecule has 1 atom stereocenters. The average Bonchev–Trinajstić information content (AvgIpc) is 2.60. The zero-order valence-corrected chi connectivity index (χ0v) is 14.0. The van der Waals surface area contributed by atoms with Gasteiger partial charge in [0.05, 0.1) is 37.2 Å². The number of hydrogen-bond donors (Lipinski definition) is 2. The van der Waals surface area contributed by atoms with Crippen LogP contribution in [0.3, 0.4) is 0 Å². The van der Waals surface area contributed by atoms with Crippen molar-refractivity contribution >= 4 is 5.82 Å². The molecular formula is C16H23N7O. The maximum atomic E-state index is 9.13. The predicted molar refractivity (Wildman–Crippen MR) is 90.3 cm³/mol. The van der Waals surface area contributed by atoms with Crippen LogP contribution in [0.2, 0.25) is 0 Å². The maximum Gasteiger partial charge on any atom is 0.318 e.